The lowest BCUT2D eigenvalue weighted by molar-refractivity contribution is -0.314. The SMILES string of the molecule is COc1ccc2c3c1OC1[C@@]4(OC)CC[C@@]5(C[C@]4(C)COCc4ccoc4)[C@@H](C2)N(CC2CC2)CC[C@]315. The Hall–Kier alpha value is -2.02. The normalized spacial score (nSPS) is 40.9. The van der Waals surface area contributed by atoms with Gasteiger partial charge in [-0.1, -0.05) is 13.0 Å². The molecule has 9 rings (SSSR count). The van der Waals surface area contributed by atoms with Crippen LogP contribution in [-0.2, 0) is 27.9 Å². The van der Waals surface area contributed by atoms with Crippen molar-refractivity contribution in [3.63, 3.8) is 0 Å². The van der Waals surface area contributed by atoms with Gasteiger partial charge in [-0.2, -0.15) is 0 Å². The van der Waals surface area contributed by atoms with Crippen LogP contribution >= 0.6 is 0 Å². The summed E-state index contributed by atoms with van der Waals surface area (Å²) < 4.78 is 31.5. The number of nitrogens with zero attached hydrogens (tertiary/aromatic N) is 1. The van der Waals surface area contributed by atoms with Crippen LogP contribution in [0.1, 0.15) is 62.1 Å². The Bertz CT molecular complexity index is 1220. The lowest BCUT2D eigenvalue weighted by Gasteiger charge is -2.76. The first-order valence-electron chi connectivity index (χ1n) is 14.3. The van der Waals surface area contributed by atoms with Crippen LogP contribution < -0.4 is 9.47 Å². The third-order valence-electron chi connectivity index (χ3n) is 11.6. The maximum Gasteiger partial charge on any atom is 0.165 e. The molecule has 6 atom stereocenters. The van der Waals surface area contributed by atoms with E-state index in [2.05, 4.69) is 24.0 Å². The van der Waals surface area contributed by atoms with Gasteiger partial charge in [0.2, 0.25) is 0 Å². The van der Waals surface area contributed by atoms with Crippen molar-refractivity contribution in [1.29, 1.82) is 0 Å². The van der Waals surface area contributed by atoms with E-state index in [0.29, 0.717) is 19.3 Å². The highest BCUT2D eigenvalue weighted by Crippen LogP contribution is 2.79. The summed E-state index contributed by atoms with van der Waals surface area (Å²) in [5.41, 5.74) is 3.58. The number of piperidine rings is 1. The van der Waals surface area contributed by atoms with Gasteiger partial charge in [-0.15, -0.1) is 0 Å². The van der Waals surface area contributed by atoms with Crippen LogP contribution in [0.5, 0.6) is 11.5 Å². The van der Waals surface area contributed by atoms with E-state index in [9.17, 15) is 0 Å². The number of rotatable bonds is 8. The topological polar surface area (TPSA) is 53.3 Å². The molecule has 4 saturated carbocycles. The lowest BCUT2D eigenvalue weighted by atomic mass is 9.32. The van der Waals surface area contributed by atoms with Crippen molar-refractivity contribution in [2.75, 3.05) is 33.9 Å². The maximum atomic E-state index is 7.16. The number of likely N-dealkylation sites (tertiary alicyclic amines) is 1. The molecule has 4 bridgehead atoms. The van der Waals surface area contributed by atoms with Gasteiger partial charge in [0.05, 0.1) is 32.8 Å². The predicted molar refractivity (Wildman–Crippen MR) is 138 cm³/mol. The van der Waals surface area contributed by atoms with E-state index in [0.717, 1.165) is 55.2 Å². The second-order valence-electron chi connectivity index (χ2n) is 13.1. The Morgan fingerprint density at radius 2 is 2.00 bits per heavy atom. The third-order valence-corrected chi connectivity index (χ3v) is 11.6. The Kier molecular flexibility index (Phi) is 4.67. The van der Waals surface area contributed by atoms with Gasteiger partial charge < -0.3 is 23.4 Å². The number of furan rings is 1. The first-order valence-corrected chi connectivity index (χ1v) is 14.3. The van der Waals surface area contributed by atoms with Crippen molar-refractivity contribution in [3.8, 4) is 11.5 Å². The summed E-state index contributed by atoms with van der Waals surface area (Å²) in [5, 5.41) is 0. The molecule has 5 aliphatic carbocycles. The highest BCUT2D eigenvalue weighted by molar-refractivity contribution is 5.64. The van der Waals surface area contributed by atoms with E-state index in [1.54, 1.807) is 19.6 Å². The Balaban J connectivity index is 1.27. The fourth-order valence-electron chi connectivity index (χ4n) is 10.1. The molecule has 6 heteroatoms. The molecule has 2 aliphatic heterocycles. The molecular formula is C31H39NO5. The molecule has 5 fully saturated rings. The zero-order valence-electron chi connectivity index (χ0n) is 22.4. The van der Waals surface area contributed by atoms with Crippen molar-refractivity contribution < 1.29 is 23.4 Å². The molecule has 0 amide bonds. The van der Waals surface area contributed by atoms with Gasteiger partial charge in [-0.05, 0) is 75.1 Å². The minimum absolute atomic E-state index is 0.0203. The van der Waals surface area contributed by atoms with Crippen molar-refractivity contribution in [3.05, 3.63) is 47.4 Å². The summed E-state index contributed by atoms with van der Waals surface area (Å²) in [7, 11) is 3.69. The molecule has 37 heavy (non-hydrogen) atoms. The zero-order chi connectivity index (χ0) is 25.0. The molecule has 0 N–H and O–H groups in total. The van der Waals surface area contributed by atoms with E-state index in [-0.39, 0.29) is 22.3 Å². The average Bonchev–Trinajstić information content (AvgIpc) is 3.41. The fraction of sp³-hybridized carbons (Fsp3) is 0.677. The van der Waals surface area contributed by atoms with Gasteiger partial charge in [-0.3, -0.25) is 4.90 Å². The highest BCUT2D eigenvalue weighted by atomic mass is 16.6. The summed E-state index contributed by atoms with van der Waals surface area (Å²) in [6.07, 6.45) is 11.9. The molecule has 1 aromatic heterocycles. The van der Waals surface area contributed by atoms with Gasteiger partial charge in [0.15, 0.2) is 11.5 Å². The van der Waals surface area contributed by atoms with Crippen molar-refractivity contribution >= 4 is 0 Å². The van der Waals surface area contributed by atoms with Crippen LogP contribution in [0.4, 0.5) is 0 Å². The van der Waals surface area contributed by atoms with Crippen LogP contribution in [0, 0.1) is 16.7 Å². The van der Waals surface area contributed by atoms with Crippen molar-refractivity contribution in [1.82, 2.24) is 4.90 Å². The first kappa shape index (κ1) is 22.9. The van der Waals surface area contributed by atoms with E-state index < -0.39 is 5.60 Å². The van der Waals surface area contributed by atoms with Gasteiger partial charge in [0.25, 0.3) is 0 Å². The van der Waals surface area contributed by atoms with Crippen LogP contribution in [0.25, 0.3) is 0 Å². The smallest absolute Gasteiger partial charge is 0.165 e. The highest BCUT2D eigenvalue weighted by Gasteiger charge is 2.83. The summed E-state index contributed by atoms with van der Waals surface area (Å²) in [5.74, 6) is 2.76. The van der Waals surface area contributed by atoms with Crippen molar-refractivity contribution in [2.24, 2.45) is 16.7 Å². The third kappa shape index (κ3) is 2.67. The van der Waals surface area contributed by atoms with E-state index in [4.69, 9.17) is 23.4 Å². The number of hydrogen-bond donors (Lipinski definition) is 0. The molecule has 3 heterocycles. The molecule has 1 aromatic carbocycles. The van der Waals surface area contributed by atoms with E-state index >= 15 is 0 Å². The molecule has 6 nitrogen and oxygen atoms in total. The number of benzene rings is 1. The number of fused-ring (bicyclic) bond motifs is 2. The molecule has 198 valence electrons. The zero-order valence-corrected chi connectivity index (χ0v) is 22.4. The molecular weight excluding hydrogens is 466 g/mol. The lowest BCUT2D eigenvalue weighted by Crippen LogP contribution is -2.83. The fourth-order valence-corrected chi connectivity index (χ4v) is 10.1. The molecule has 7 aliphatic rings. The van der Waals surface area contributed by atoms with Crippen LogP contribution in [0.2, 0.25) is 0 Å². The summed E-state index contributed by atoms with van der Waals surface area (Å²) in [6, 6.07) is 7.00. The molecule has 1 saturated heterocycles. The summed E-state index contributed by atoms with van der Waals surface area (Å²) in [4.78, 5) is 2.89. The number of methoxy groups -OCH3 is 2. The van der Waals surface area contributed by atoms with Gasteiger partial charge in [0, 0.05) is 47.1 Å². The van der Waals surface area contributed by atoms with Gasteiger partial charge >= 0.3 is 0 Å². The van der Waals surface area contributed by atoms with Crippen molar-refractivity contribution in [2.45, 2.75) is 81.6 Å². The Morgan fingerprint density at radius 1 is 1.11 bits per heavy atom. The molecule has 2 spiro atoms. The monoisotopic (exact) mass is 505 g/mol. The van der Waals surface area contributed by atoms with E-state index in [1.165, 1.54) is 36.9 Å². The Labute approximate surface area is 219 Å². The second-order valence-corrected chi connectivity index (χ2v) is 13.1. The molecule has 0 radical (unpaired) electrons. The van der Waals surface area contributed by atoms with Crippen LogP contribution in [-0.4, -0.2) is 56.6 Å². The van der Waals surface area contributed by atoms with E-state index in [1.807, 2.05) is 13.2 Å². The predicted octanol–water partition coefficient (Wildman–Crippen LogP) is 5.12. The number of ether oxygens (including phenoxy) is 4. The minimum atomic E-state index is -0.410. The molecule has 2 aromatic rings. The van der Waals surface area contributed by atoms with Gasteiger partial charge in [0.1, 0.15) is 11.7 Å². The van der Waals surface area contributed by atoms with Crippen LogP contribution in [0.3, 0.4) is 0 Å². The maximum absolute atomic E-state index is 7.16. The minimum Gasteiger partial charge on any atom is -0.493 e. The van der Waals surface area contributed by atoms with Crippen LogP contribution in [0.15, 0.2) is 35.1 Å². The standard InChI is InChI=1S/C31H39NO5/c1-28(19-36-17-21-8-13-35-16-21)18-29-9-10-31(28,34-3)27-30(29)11-12-32(15-20-4-5-20)24(29)14-22-6-7-23(33-2)26(37-27)25(22)30/h6-8,13,16,20,24,27H,4-5,9-12,14-15,17-19H2,1-3H3/t24-,27?,28-,29-,30+,31+/m1/s1. The largest absolute Gasteiger partial charge is 0.493 e. The first-order chi connectivity index (χ1) is 18.0. The summed E-state index contributed by atoms with van der Waals surface area (Å²) >= 11 is 0. The molecule has 1 unspecified atom stereocenters. The second kappa shape index (κ2) is 7.55. The Morgan fingerprint density at radius 3 is 2.76 bits per heavy atom. The number of hydrogen-bond acceptors (Lipinski definition) is 6. The quantitative estimate of drug-likeness (QED) is 0.497. The van der Waals surface area contributed by atoms with Gasteiger partial charge in [-0.25, -0.2) is 0 Å². The summed E-state index contributed by atoms with van der Waals surface area (Å²) in [6.45, 7) is 6.05. The average molecular weight is 506 g/mol.